The molecule has 0 aliphatic rings. The summed E-state index contributed by atoms with van der Waals surface area (Å²) in [5.41, 5.74) is 3.25. The molecule has 150 valence electrons. The molecule has 0 saturated heterocycles. The molecular weight excluding hydrogens is 366 g/mol. The van der Waals surface area contributed by atoms with Crippen molar-refractivity contribution in [3.05, 3.63) is 71.9 Å². The summed E-state index contributed by atoms with van der Waals surface area (Å²) in [6, 6.07) is 17.1. The van der Waals surface area contributed by atoms with Gasteiger partial charge in [-0.05, 0) is 55.8 Å². The molecule has 1 N–H and O–H groups in total. The molecule has 0 radical (unpaired) electrons. The third kappa shape index (κ3) is 4.66. The summed E-state index contributed by atoms with van der Waals surface area (Å²) in [6.45, 7) is 4.90. The number of anilines is 3. The Morgan fingerprint density at radius 2 is 1.90 bits per heavy atom. The smallest absolute Gasteiger partial charge is 0.257 e. The van der Waals surface area contributed by atoms with Crippen molar-refractivity contribution in [1.82, 2.24) is 4.98 Å². The Morgan fingerprint density at radius 3 is 2.52 bits per heavy atom. The van der Waals surface area contributed by atoms with Crippen LogP contribution in [0, 0.1) is 6.92 Å². The van der Waals surface area contributed by atoms with Crippen molar-refractivity contribution < 1.29 is 14.3 Å². The van der Waals surface area contributed by atoms with Gasteiger partial charge in [0.15, 0.2) is 0 Å². The minimum absolute atomic E-state index is 0.269. The molecule has 2 aromatic carbocycles. The van der Waals surface area contributed by atoms with E-state index in [1.54, 1.807) is 44.7 Å². The number of rotatable bonds is 7. The molecule has 1 aromatic heterocycles. The first-order valence-electron chi connectivity index (χ1n) is 9.39. The third-order valence-electron chi connectivity index (χ3n) is 4.57. The van der Waals surface area contributed by atoms with Gasteiger partial charge < -0.3 is 19.7 Å². The lowest BCUT2D eigenvalue weighted by Gasteiger charge is -2.22. The van der Waals surface area contributed by atoms with E-state index in [9.17, 15) is 4.79 Å². The van der Waals surface area contributed by atoms with Crippen molar-refractivity contribution in [1.29, 1.82) is 0 Å². The number of aryl methyl sites for hydroxylation is 1. The standard InChI is InChI=1S/C23H25N3O3/c1-5-26(18-8-6-7-16(2)13-18)22-12-9-17(15-24-22)23(27)25-20-14-19(28-3)10-11-21(20)29-4/h6-15H,5H2,1-4H3,(H,25,27). The van der Waals surface area contributed by atoms with E-state index in [1.807, 2.05) is 18.2 Å². The molecule has 0 saturated carbocycles. The van der Waals surface area contributed by atoms with Gasteiger partial charge in [-0.1, -0.05) is 12.1 Å². The molecular formula is C23H25N3O3. The zero-order valence-electron chi connectivity index (χ0n) is 17.1. The first-order chi connectivity index (χ1) is 14.0. The van der Waals surface area contributed by atoms with Gasteiger partial charge in [0.1, 0.15) is 17.3 Å². The molecule has 3 aromatic rings. The third-order valence-corrected chi connectivity index (χ3v) is 4.57. The van der Waals surface area contributed by atoms with Gasteiger partial charge in [-0.15, -0.1) is 0 Å². The Kier molecular flexibility index (Phi) is 6.34. The summed E-state index contributed by atoms with van der Waals surface area (Å²) in [7, 11) is 3.13. The van der Waals surface area contributed by atoms with E-state index < -0.39 is 0 Å². The van der Waals surface area contributed by atoms with Crippen LogP contribution in [0.25, 0.3) is 0 Å². The predicted molar refractivity (Wildman–Crippen MR) is 116 cm³/mol. The number of hydrogen-bond donors (Lipinski definition) is 1. The van der Waals surface area contributed by atoms with Gasteiger partial charge in [0.05, 0.1) is 25.5 Å². The van der Waals surface area contributed by atoms with Crippen LogP contribution in [0.4, 0.5) is 17.2 Å². The Bertz CT molecular complexity index is 987. The van der Waals surface area contributed by atoms with E-state index in [4.69, 9.17) is 9.47 Å². The fourth-order valence-corrected chi connectivity index (χ4v) is 3.06. The van der Waals surface area contributed by atoms with Crippen LogP contribution in [-0.4, -0.2) is 31.7 Å². The lowest BCUT2D eigenvalue weighted by Crippen LogP contribution is -2.18. The molecule has 0 bridgehead atoms. The maximum absolute atomic E-state index is 12.7. The number of amides is 1. The number of nitrogens with one attached hydrogen (secondary N) is 1. The fraction of sp³-hybridized carbons (Fsp3) is 0.217. The van der Waals surface area contributed by atoms with Gasteiger partial charge in [-0.3, -0.25) is 4.79 Å². The molecule has 0 fully saturated rings. The molecule has 3 rings (SSSR count). The van der Waals surface area contributed by atoms with Crippen LogP contribution in [0.5, 0.6) is 11.5 Å². The Balaban J connectivity index is 1.80. The summed E-state index contributed by atoms with van der Waals surface area (Å²) in [5.74, 6) is 1.70. The second-order valence-corrected chi connectivity index (χ2v) is 6.51. The minimum atomic E-state index is -0.269. The van der Waals surface area contributed by atoms with Gasteiger partial charge >= 0.3 is 0 Å². The lowest BCUT2D eigenvalue weighted by atomic mass is 10.2. The second-order valence-electron chi connectivity index (χ2n) is 6.51. The summed E-state index contributed by atoms with van der Waals surface area (Å²) < 4.78 is 10.5. The highest BCUT2D eigenvalue weighted by molar-refractivity contribution is 6.05. The van der Waals surface area contributed by atoms with Gasteiger partial charge in [0.2, 0.25) is 0 Å². The highest BCUT2D eigenvalue weighted by Gasteiger charge is 2.13. The number of nitrogens with zero attached hydrogens (tertiary/aromatic N) is 2. The highest BCUT2D eigenvalue weighted by Crippen LogP contribution is 2.29. The van der Waals surface area contributed by atoms with Crippen LogP contribution in [0.3, 0.4) is 0 Å². The van der Waals surface area contributed by atoms with E-state index in [1.165, 1.54) is 5.56 Å². The van der Waals surface area contributed by atoms with Crippen molar-refractivity contribution in [2.24, 2.45) is 0 Å². The number of carbonyl (C=O) groups excluding carboxylic acids is 1. The van der Waals surface area contributed by atoms with Crippen LogP contribution in [0.1, 0.15) is 22.8 Å². The quantitative estimate of drug-likeness (QED) is 0.626. The number of aromatic nitrogens is 1. The normalized spacial score (nSPS) is 10.3. The summed E-state index contributed by atoms with van der Waals surface area (Å²) in [5, 5.41) is 2.86. The van der Waals surface area contributed by atoms with Crippen molar-refractivity contribution in [3.8, 4) is 11.5 Å². The van der Waals surface area contributed by atoms with Crippen LogP contribution >= 0.6 is 0 Å². The van der Waals surface area contributed by atoms with Crippen molar-refractivity contribution in [2.45, 2.75) is 13.8 Å². The zero-order chi connectivity index (χ0) is 20.8. The molecule has 0 unspecified atom stereocenters. The van der Waals surface area contributed by atoms with Crippen LogP contribution in [-0.2, 0) is 0 Å². The molecule has 6 heteroatoms. The van der Waals surface area contributed by atoms with E-state index in [2.05, 4.69) is 41.2 Å². The summed E-state index contributed by atoms with van der Waals surface area (Å²) >= 11 is 0. The van der Waals surface area contributed by atoms with Crippen molar-refractivity contribution >= 4 is 23.1 Å². The number of methoxy groups -OCH3 is 2. The average molecular weight is 391 g/mol. The van der Waals surface area contributed by atoms with Crippen molar-refractivity contribution in [3.63, 3.8) is 0 Å². The van der Waals surface area contributed by atoms with Gasteiger partial charge in [0.25, 0.3) is 5.91 Å². The Morgan fingerprint density at radius 1 is 1.07 bits per heavy atom. The van der Waals surface area contributed by atoms with E-state index in [0.717, 1.165) is 18.1 Å². The SMILES string of the molecule is CCN(c1cccc(C)c1)c1ccc(C(=O)Nc2cc(OC)ccc2OC)cn1. The average Bonchev–Trinajstić information content (AvgIpc) is 2.74. The maximum atomic E-state index is 12.7. The number of carbonyl (C=O) groups is 1. The molecule has 1 amide bonds. The fourth-order valence-electron chi connectivity index (χ4n) is 3.06. The number of pyridine rings is 1. The number of ether oxygens (including phenoxy) is 2. The summed E-state index contributed by atoms with van der Waals surface area (Å²) in [6.07, 6.45) is 1.58. The monoisotopic (exact) mass is 391 g/mol. The van der Waals surface area contributed by atoms with Crippen molar-refractivity contribution in [2.75, 3.05) is 31.0 Å². The Labute approximate surface area is 171 Å². The number of hydrogen-bond acceptors (Lipinski definition) is 5. The highest BCUT2D eigenvalue weighted by atomic mass is 16.5. The summed E-state index contributed by atoms with van der Waals surface area (Å²) in [4.78, 5) is 19.3. The van der Waals surface area contributed by atoms with E-state index >= 15 is 0 Å². The molecule has 1 heterocycles. The van der Waals surface area contributed by atoms with Crippen LogP contribution in [0.15, 0.2) is 60.8 Å². The molecule has 0 aliphatic heterocycles. The van der Waals surface area contributed by atoms with Gasteiger partial charge in [-0.25, -0.2) is 4.98 Å². The zero-order valence-corrected chi connectivity index (χ0v) is 17.1. The number of benzene rings is 2. The van der Waals surface area contributed by atoms with Gasteiger partial charge in [-0.2, -0.15) is 0 Å². The molecule has 0 spiro atoms. The second kappa shape index (κ2) is 9.10. The first-order valence-corrected chi connectivity index (χ1v) is 9.39. The van der Waals surface area contributed by atoms with Crippen LogP contribution < -0.4 is 19.7 Å². The largest absolute Gasteiger partial charge is 0.497 e. The maximum Gasteiger partial charge on any atom is 0.257 e. The lowest BCUT2D eigenvalue weighted by molar-refractivity contribution is 0.102. The van der Waals surface area contributed by atoms with E-state index in [-0.39, 0.29) is 5.91 Å². The van der Waals surface area contributed by atoms with E-state index in [0.29, 0.717) is 22.7 Å². The molecule has 6 nitrogen and oxygen atoms in total. The minimum Gasteiger partial charge on any atom is -0.497 e. The van der Waals surface area contributed by atoms with Gasteiger partial charge in [0, 0.05) is 24.5 Å². The topological polar surface area (TPSA) is 63.7 Å². The predicted octanol–water partition coefficient (Wildman–Crippen LogP) is 4.82. The Hall–Kier alpha value is -3.54. The molecule has 29 heavy (non-hydrogen) atoms. The molecule has 0 aliphatic carbocycles. The van der Waals surface area contributed by atoms with Crippen LogP contribution in [0.2, 0.25) is 0 Å². The first kappa shape index (κ1) is 20.2. The molecule has 0 atom stereocenters.